The van der Waals surface area contributed by atoms with E-state index in [-0.39, 0.29) is 11.7 Å². The first-order valence-electron chi connectivity index (χ1n) is 4.45. The van der Waals surface area contributed by atoms with Crippen LogP contribution in [-0.4, -0.2) is 5.78 Å². The Hall–Kier alpha value is -0.820. The minimum Gasteiger partial charge on any atom is -0.300 e. The van der Waals surface area contributed by atoms with Gasteiger partial charge in [-0.1, -0.05) is 29.8 Å². The van der Waals surface area contributed by atoms with Crippen molar-refractivity contribution >= 4 is 17.4 Å². The van der Waals surface area contributed by atoms with Crippen LogP contribution >= 0.6 is 11.6 Å². The molecule has 1 saturated carbocycles. The Morgan fingerprint density at radius 2 is 2.15 bits per heavy atom. The van der Waals surface area contributed by atoms with Gasteiger partial charge in [-0.2, -0.15) is 0 Å². The molecular formula is C11H11ClO. The quantitative estimate of drug-likeness (QED) is 0.708. The fraction of sp³-hybridized carbons (Fsp3) is 0.364. The second-order valence-corrected chi connectivity index (χ2v) is 3.99. The SMILES string of the molecule is CC(=O)[C@H]1CC1c1ccccc1Cl. The molecule has 1 nitrogen and oxygen atoms in total. The third-order valence-corrected chi connectivity index (χ3v) is 2.96. The highest BCUT2D eigenvalue weighted by molar-refractivity contribution is 6.31. The van der Waals surface area contributed by atoms with Crippen LogP contribution in [0.25, 0.3) is 0 Å². The van der Waals surface area contributed by atoms with Crippen molar-refractivity contribution in [2.45, 2.75) is 19.3 Å². The summed E-state index contributed by atoms with van der Waals surface area (Å²) in [4.78, 5) is 11.1. The molecule has 1 aliphatic carbocycles. The highest BCUT2D eigenvalue weighted by atomic mass is 35.5. The lowest BCUT2D eigenvalue weighted by molar-refractivity contribution is -0.118. The molecule has 0 radical (unpaired) electrons. The molecule has 2 atom stereocenters. The summed E-state index contributed by atoms with van der Waals surface area (Å²) in [6, 6.07) is 7.77. The molecule has 1 aliphatic rings. The van der Waals surface area contributed by atoms with E-state index in [0.717, 1.165) is 17.0 Å². The minimum absolute atomic E-state index is 0.222. The summed E-state index contributed by atoms with van der Waals surface area (Å²) in [5.41, 5.74) is 1.13. The van der Waals surface area contributed by atoms with Crippen LogP contribution in [-0.2, 0) is 4.79 Å². The van der Waals surface area contributed by atoms with Crippen molar-refractivity contribution in [2.24, 2.45) is 5.92 Å². The molecule has 68 valence electrons. The van der Waals surface area contributed by atoms with E-state index in [1.54, 1.807) is 6.92 Å². The van der Waals surface area contributed by atoms with Gasteiger partial charge in [0.2, 0.25) is 0 Å². The summed E-state index contributed by atoms with van der Waals surface area (Å²) in [6.07, 6.45) is 0.971. The van der Waals surface area contributed by atoms with Crippen LogP contribution in [0.15, 0.2) is 24.3 Å². The first kappa shape index (κ1) is 8.76. The molecule has 0 aromatic heterocycles. The van der Waals surface area contributed by atoms with Gasteiger partial charge >= 0.3 is 0 Å². The van der Waals surface area contributed by atoms with Crippen LogP contribution in [0.4, 0.5) is 0 Å². The van der Waals surface area contributed by atoms with Crippen LogP contribution in [0.5, 0.6) is 0 Å². The molecule has 0 spiro atoms. The number of Topliss-reactive ketones (excluding diaryl/α,β-unsaturated/α-hetero) is 1. The smallest absolute Gasteiger partial charge is 0.133 e. The van der Waals surface area contributed by atoms with Gasteiger partial charge in [-0.15, -0.1) is 0 Å². The first-order chi connectivity index (χ1) is 6.20. The lowest BCUT2D eigenvalue weighted by Crippen LogP contribution is -1.94. The average Bonchev–Trinajstić information content (AvgIpc) is 2.84. The van der Waals surface area contributed by atoms with E-state index in [9.17, 15) is 4.79 Å². The number of benzene rings is 1. The molecule has 13 heavy (non-hydrogen) atoms. The topological polar surface area (TPSA) is 17.1 Å². The van der Waals surface area contributed by atoms with E-state index < -0.39 is 0 Å². The Morgan fingerprint density at radius 1 is 1.46 bits per heavy atom. The summed E-state index contributed by atoms with van der Waals surface area (Å²) in [5, 5.41) is 0.788. The summed E-state index contributed by atoms with van der Waals surface area (Å²) >= 11 is 6.02. The van der Waals surface area contributed by atoms with Gasteiger partial charge in [-0.05, 0) is 30.9 Å². The molecule has 2 rings (SSSR count). The van der Waals surface area contributed by atoms with E-state index in [2.05, 4.69) is 0 Å². The molecule has 2 heteroatoms. The number of carbonyl (C=O) groups excluding carboxylic acids is 1. The van der Waals surface area contributed by atoms with Crippen LogP contribution in [0.1, 0.15) is 24.8 Å². The van der Waals surface area contributed by atoms with Gasteiger partial charge in [0, 0.05) is 10.9 Å². The van der Waals surface area contributed by atoms with Gasteiger partial charge in [0.1, 0.15) is 5.78 Å². The lowest BCUT2D eigenvalue weighted by atomic mass is 10.1. The van der Waals surface area contributed by atoms with Gasteiger partial charge in [-0.3, -0.25) is 4.79 Å². The van der Waals surface area contributed by atoms with Crippen LogP contribution in [0.2, 0.25) is 5.02 Å². The zero-order chi connectivity index (χ0) is 9.42. The maximum absolute atomic E-state index is 11.1. The van der Waals surface area contributed by atoms with E-state index in [0.29, 0.717) is 5.92 Å². The Bertz CT molecular complexity index is 346. The molecule has 0 aliphatic heterocycles. The fourth-order valence-corrected chi connectivity index (χ4v) is 2.04. The maximum atomic E-state index is 11.1. The predicted octanol–water partition coefficient (Wildman–Crippen LogP) is 3.03. The highest BCUT2D eigenvalue weighted by Crippen LogP contribution is 2.49. The van der Waals surface area contributed by atoms with Crippen LogP contribution < -0.4 is 0 Å². The summed E-state index contributed by atoms with van der Waals surface area (Å²) < 4.78 is 0. The minimum atomic E-state index is 0.222. The van der Waals surface area contributed by atoms with E-state index in [1.165, 1.54) is 0 Å². The van der Waals surface area contributed by atoms with Gasteiger partial charge in [-0.25, -0.2) is 0 Å². The van der Waals surface area contributed by atoms with Crippen molar-refractivity contribution in [3.05, 3.63) is 34.9 Å². The van der Waals surface area contributed by atoms with E-state index >= 15 is 0 Å². The third-order valence-electron chi connectivity index (χ3n) is 2.62. The zero-order valence-corrected chi connectivity index (χ0v) is 8.21. The zero-order valence-electron chi connectivity index (χ0n) is 7.46. The predicted molar refractivity (Wildman–Crippen MR) is 53.0 cm³/mol. The molecule has 0 heterocycles. The van der Waals surface area contributed by atoms with Gasteiger partial charge in [0.05, 0.1) is 0 Å². The normalized spacial score (nSPS) is 25.7. The van der Waals surface area contributed by atoms with Crippen molar-refractivity contribution in [3.8, 4) is 0 Å². The lowest BCUT2D eigenvalue weighted by Gasteiger charge is -2.00. The molecule has 0 saturated heterocycles. The van der Waals surface area contributed by atoms with Crippen molar-refractivity contribution in [1.82, 2.24) is 0 Å². The molecule has 0 amide bonds. The number of halogens is 1. The average molecular weight is 195 g/mol. The third kappa shape index (κ3) is 1.61. The van der Waals surface area contributed by atoms with Crippen LogP contribution in [0.3, 0.4) is 0 Å². The second kappa shape index (κ2) is 3.15. The molecular weight excluding hydrogens is 184 g/mol. The summed E-state index contributed by atoms with van der Waals surface area (Å²) in [6.45, 7) is 1.65. The number of hydrogen-bond donors (Lipinski definition) is 0. The Labute approximate surface area is 82.7 Å². The Kier molecular flexibility index (Phi) is 2.12. The second-order valence-electron chi connectivity index (χ2n) is 3.58. The van der Waals surface area contributed by atoms with Crippen molar-refractivity contribution in [1.29, 1.82) is 0 Å². The standard InChI is InChI=1S/C11H11ClO/c1-7(13)9-6-10(9)8-4-2-3-5-11(8)12/h2-5,9-10H,6H2,1H3/t9-,10?/m1/s1. The molecule has 0 N–H and O–H groups in total. The Balaban J connectivity index is 2.21. The molecule has 1 aromatic rings. The van der Waals surface area contributed by atoms with Gasteiger partial charge < -0.3 is 0 Å². The highest BCUT2D eigenvalue weighted by Gasteiger charge is 2.42. The van der Waals surface area contributed by atoms with Crippen molar-refractivity contribution < 1.29 is 4.79 Å². The monoisotopic (exact) mass is 194 g/mol. The summed E-state index contributed by atoms with van der Waals surface area (Å²) in [5.74, 6) is 0.885. The number of hydrogen-bond acceptors (Lipinski definition) is 1. The van der Waals surface area contributed by atoms with Gasteiger partial charge in [0.25, 0.3) is 0 Å². The number of carbonyl (C=O) groups is 1. The fourth-order valence-electron chi connectivity index (χ4n) is 1.76. The summed E-state index contributed by atoms with van der Waals surface area (Å²) in [7, 11) is 0. The number of rotatable bonds is 2. The largest absolute Gasteiger partial charge is 0.300 e. The Morgan fingerprint density at radius 3 is 2.69 bits per heavy atom. The van der Waals surface area contributed by atoms with Crippen molar-refractivity contribution in [3.63, 3.8) is 0 Å². The van der Waals surface area contributed by atoms with E-state index in [4.69, 9.17) is 11.6 Å². The molecule has 0 bridgehead atoms. The number of ketones is 1. The molecule has 1 unspecified atom stereocenters. The maximum Gasteiger partial charge on any atom is 0.133 e. The first-order valence-corrected chi connectivity index (χ1v) is 4.83. The van der Waals surface area contributed by atoms with E-state index in [1.807, 2.05) is 24.3 Å². The molecule has 1 fully saturated rings. The molecule has 1 aromatic carbocycles. The van der Waals surface area contributed by atoms with Gasteiger partial charge in [0.15, 0.2) is 0 Å². The van der Waals surface area contributed by atoms with Crippen LogP contribution in [0, 0.1) is 5.92 Å². The van der Waals surface area contributed by atoms with Crippen molar-refractivity contribution in [2.75, 3.05) is 0 Å².